The Morgan fingerprint density at radius 1 is 1.26 bits per heavy atom. The van der Waals surface area contributed by atoms with Crippen LogP contribution >= 0.6 is 11.8 Å². The van der Waals surface area contributed by atoms with E-state index < -0.39 is 41.5 Å². The number of rotatable bonds is 9. The smallest absolute Gasteiger partial charge is 0.223 e. The quantitative estimate of drug-likeness (QED) is 0.573. The van der Waals surface area contributed by atoms with Gasteiger partial charge in [-0.2, -0.15) is 0 Å². The Morgan fingerprint density at radius 2 is 1.94 bits per heavy atom. The van der Waals surface area contributed by atoms with E-state index in [1.807, 2.05) is 13.8 Å². The molecule has 1 aliphatic rings. The summed E-state index contributed by atoms with van der Waals surface area (Å²) in [6, 6.07) is -0.187. The SMILES string of the molecule is CO[C@H](C)[C@H](NC(=O)C[C@@H]1CCC(=O)N1Cc1cc(F)cc(F)c1F)C(=O)SC(C)C. The lowest BCUT2D eigenvalue weighted by atomic mass is 10.1. The molecule has 0 bridgehead atoms. The van der Waals surface area contributed by atoms with Gasteiger partial charge in [0.05, 0.1) is 6.10 Å². The number of ether oxygens (including phenoxy) is 1. The van der Waals surface area contributed by atoms with Crippen LogP contribution in [0.2, 0.25) is 0 Å². The third-order valence-electron chi connectivity index (χ3n) is 5.05. The predicted octanol–water partition coefficient (Wildman–Crippen LogP) is 3.17. The number of carbonyl (C=O) groups is 3. The van der Waals surface area contributed by atoms with Crippen molar-refractivity contribution in [3.8, 4) is 0 Å². The van der Waals surface area contributed by atoms with Crippen LogP contribution in [0.1, 0.15) is 45.6 Å². The Bertz CT molecular complexity index is 837. The number of nitrogens with one attached hydrogen (secondary N) is 1. The first-order valence-electron chi connectivity index (χ1n) is 9.99. The number of hydrogen-bond donors (Lipinski definition) is 1. The van der Waals surface area contributed by atoms with Crippen molar-refractivity contribution in [1.82, 2.24) is 10.2 Å². The summed E-state index contributed by atoms with van der Waals surface area (Å²) in [7, 11) is 1.43. The molecule has 31 heavy (non-hydrogen) atoms. The van der Waals surface area contributed by atoms with E-state index in [-0.39, 0.29) is 41.2 Å². The van der Waals surface area contributed by atoms with Crippen molar-refractivity contribution in [1.29, 1.82) is 0 Å². The molecule has 0 spiro atoms. The van der Waals surface area contributed by atoms with Crippen LogP contribution in [0.4, 0.5) is 13.2 Å². The maximum Gasteiger partial charge on any atom is 0.223 e. The molecule has 0 aromatic heterocycles. The van der Waals surface area contributed by atoms with E-state index in [9.17, 15) is 27.6 Å². The van der Waals surface area contributed by atoms with Gasteiger partial charge in [-0.3, -0.25) is 14.4 Å². The van der Waals surface area contributed by atoms with Gasteiger partial charge in [-0.15, -0.1) is 0 Å². The van der Waals surface area contributed by atoms with Gasteiger partial charge in [-0.1, -0.05) is 25.6 Å². The first kappa shape index (κ1) is 25.2. The van der Waals surface area contributed by atoms with Crippen LogP contribution in [-0.4, -0.2) is 52.4 Å². The first-order valence-corrected chi connectivity index (χ1v) is 10.9. The number of thioether (sulfide) groups is 1. The van der Waals surface area contributed by atoms with Crippen molar-refractivity contribution in [2.24, 2.45) is 0 Å². The average molecular weight is 461 g/mol. The van der Waals surface area contributed by atoms with E-state index in [1.54, 1.807) is 6.92 Å². The van der Waals surface area contributed by atoms with Gasteiger partial charge in [0.15, 0.2) is 11.6 Å². The molecular formula is C21H27F3N2O4S. The summed E-state index contributed by atoms with van der Waals surface area (Å²) in [4.78, 5) is 38.6. The van der Waals surface area contributed by atoms with Crippen molar-refractivity contribution >= 4 is 28.7 Å². The van der Waals surface area contributed by atoms with E-state index in [0.29, 0.717) is 12.5 Å². The van der Waals surface area contributed by atoms with Gasteiger partial charge in [0.25, 0.3) is 0 Å². The van der Waals surface area contributed by atoms with Crippen molar-refractivity contribution in [2.75, 3.05) is 7.11 Å². The molecule has 0 unspecified atom stereocenters. The van der Waals surface area contributed by atoms with Gasteiger partial charge in [-0.25, -0.2) is 13.2 Å². The lowest BCUT2D eigenvalue weighted by Gasteiger charge is -2.27. The minimum atomic E-state index is -1.34. The molecule has 1 saturated heterocycles. The average Bonchev–Trinajstić information content (AvgIpc) is 3.02. The molecular weight excluding hydrogens is 433 g/mol. The standard InChI is InChI=1S/C21H27F3N2O4S/c1-11(2)31-21(29)20(12(3)30-4)25-17(27)9-15-5-6-18(28)26(15)10-13-7-14(22)8-16(23)19(13)24/h7-8,11-12,15,20H,5-6,9-10H2,1-4H3,(H,25,27)/t12-,15+,20+/m1/s1. The molecule has 10 heteroatoms. The fraction of sp³-hybridized carbons (Fsp3) is 0.571. The highest BCUT2D eigenvalue weighted by Gasteiger charge is 2.35. The minimum Gasteiger partial charge on any atom is -0.379 e. The zero-order chi connectivity index (χ0) is 23.3. The lowest BCUT2D eigenvalue weighted by Crippen LogP contribution is -2.49. The summed E-state index contributed by atoms with van der Waals surface area (Å²) >= 11 is 1.09. The zero-order valence-corrected chi connectivity index (χ0v) is 18.7. The van der Waals surface area contributed by atoms with Gasteiger partial charge in [0, 0.05) is 49.4 Å². The van der Waals surface area contributed by atoms with Crippen LogP contribution in [0, 0.1) is 17.5 Å². The predicted molar refractivity (Wildman–Crippen MR) is 111 cm³/mol. The summed E-state index contributed by atoms with van der Waals surface area (Å²) < 4.78 is 46.2. The highest BCUT2D eigenvalue weighted by molar-refractivity contribution is 8.14. The Balaban J connectivity index is 2.10. The minimum absolute atomic E-state index is 0.0282. The van der Waals surface area contributed by atoms with Crippen molar-refractivity contribution in [3.05, 3.63) is 35.1 Å². The van der Waals surface area contributed by atoms with Crippen molar-refractivity contribution in [2.45, 2.75) is 70.0 Å². The van der Waals surface area contributed by atoms with Gasteiger partial charge in [0.2, 0.25) is 16.9 Å². The molecule has 1 N–H and O–H groups in total. The van der Waals surface area contributed by atoms with E-state index in [2.05, 4.69) is 5.32 Å². The first-order chi connectivity index (χ1) is 14.5. The van der Waals surface area contributed by atoms with Crippen LogP contribution in [0.3, 0.4) is 0 Å². The van der Waals surface area contributed by atoms with Gasteiger partial charge in [0.1, 0.15) is 11.9 Å². The molecule has 1 aromatic carbocycles. The van der Waals surface area contributed by atoms with E-state index in [1.165, 1.54) is 12.0 Å². The summed E-state index contributed by atoms with van der Waals surface area (Å²) in [5.41, 5.74) is -0.299. The van der Waals surface area contributed by atoms with Crippen LogP contribution in [0.25, 0.3) is 0 Å². The van der Waals surface area contributed by atoms with Crippen LogP contribution < -0.4 is 5.32 Å². The number of benzene rings is 1. The molecule has 172 valence electrons. The number of methoxy groups -OCH3 is 1. The number of hydrogen-bond acceptors (Lipinski definition) is 5. The topological polar surface area (TPSA) is 75.7 Å². The molecule has 0 aliphatic carbocycles. The molecule has 2 rings (SSSR count). The maximum atomic E-state index is 14.0. The molecule has 1 heterocycles. The molecule has 1 fully saturated rings. The van der Waals surface area contributed by atoms with E-state index in [0.717, 1.165) is 17.8 Å². The Morgan fingerprint density at radius 3 is 2.55 bits per heavy atom. The second-order valence-electron chi connectivity index (χ2n) is 7.75. The lowest BCUT2D eigenvalue weighted by molar-refractivity contribution is -0.131. The maximum absolute atomic E-state index is 14.0. The Labute approximate surface area is 183 Å². The number of carbonyl (C=O) groups excluding carboxylic acids is 3. The van der Waals surface area contributed by atoms with E-state index in [4.69, 9.17) is 4.74 Å². The molecule has 1 aliphatic heterocycles. The molecule has 2 amide bonds. The van der Waals surface area contributed by atoms with Crippen LogP contribution in [0.15, 0.2) is 12.1 Å². The molecule has 0 saturated carbocycles. The second-order valence-corrected chi connectivity index (χ2v) is 9.33. The normalized spacial score (nSPS) is 18.4. The number of nitrogens with zero attached hydrogens (tertiary/aromatic N) is 1. The second kappa shape index (κ2) is 11.0. The summed E-state index contributed by atoms with van der Waals surface area (Å²) in [5.74, 6) is -4.33. The highest BCUT2D eigenvalue weighted by Crippen LogP contribution is 2.26. The summed E-state index contributed by atoms with van der Waals surface area (Å²) in [5, 5.41) is 2.45. The number of likely N-dealkylation sites (tertiary alicyclic amines) is 1. The molecule has 3 atom stereocenters. The Kier molecular flexibility index (Phi) is 8.93. The van der Waals surface area contributed by atoms with Gasteiger partial charge >= 0.3 is 0 Å². The highest BCUT2D eigenvalue weighted by atomic mass is 32.2. The van der Waals surface area contributed by atoms with E-state index >= 15 is 0 Å². The molecule has 0 radical (unpaired) electrons. The molecule has 6 nitrogen and oxygen atoms in total. The Hall–Kier alpha value is -2.07. The zero-order valence-electron chi connectivity index (χ0n) is 17.9. The monoisotopic (exact) mass is 460 g/mol. The third-order valence-corrected chi connectivity index (χ3v) is 6.00. The number of halogens is 3. The van der Waals surface area contributed by atoms with Crippen molar-refractivity contribution in [3.63, 3.8) is 0 Å². The van der Waals surface area contributed by atoms with Crippen molar-refractivity contribution < 1.29 is 32.3 Å². The van der Waals surface area contributed by atoms with Gasteiger partial charge in [-0.05, 0) is 19.4 Å². The number of amides is 2. The molecule has 1 aromatic rings. The summed E-state index contributed by atoms with van der Waals surface area (Å²) in [6.07, 6.45) is -0.214. The fourth-order valence-electron chi connectivity index (χ4n) is 3.39. The van der Waals surface area contributed by atoms with Gasteiger partial charge < -0.3 is 15.0 Å². The summed E-state index contributed by atoms with van der Waals surface area (Å²) in [6.45, 7) is 5.03. The van der Waals surface area contributed by atoms with Crippen LogP contribution in [0.5, 0.6) is 0 Å². The van der Waals surface area contributed by atoms with Crippen LogP contribution in [-0.2, 0) is 25.7 Å². The third kappa shape index (κ3) is 6.70. The largest absolute Gasteiger partial charge is 0.379 e. The fourth-order valence-corrected chi connectivity index (χ4v) is 4.25.